The first-order valence-electron chi connectivity index (χ1n) is 12.7. The van der Waals surface area contributed by atoms with Crippen LogP contribution < -0.4 is 10.1 Å². The Morgan fingerprint density at radius 2 is 1.38 bits per heavy atom. The molecule has 178 valence electrons. The molecule has 1 heterocycles. The normalized spacial score (nSPS) is 15.5. The van der Waals surface area contributed by atoms with Crippen LogP contribution in [0, 0.1) is 5.92 Å². The van der Waals surface area contributed by atoms with Gasteiger partial charge in [-0.3, -0.25) is 4.79 Å². The molecule has 37 heavy (non-hydrogen) atoms. The molecule has 5 aromatic carbocycles. The Morgan fingerprint density at radius 1 is 0.757 bits per heavy atom. The molecule has 1 amide bonds. The third-order valence-electron chi connectivity index (χ3n) is 7.48. The van der Waals surface area contributed by atoms with Crippen LogP contribution in [0.5, 0.6) is 5.75 Å². The molecule has 3 nitrogen and oxygen atoms in total. The van der Waals surface area contributed by atoms with Crippen LogP contribution in [0.4, 0.5) is 5.69 Å². The van der Waals surface area contributed by atoms with Crippen LogP contribution in [0.3, 0.4) is 0 Å². The van der Waals surface area contributed by atoms with Gasteiger partial charge < -0.3 is 10.1 Å². The Kier molecular flexibility index (Phi) is 4.97. The van der Waals surface area contributed by atoms with Crippen molar-refractivity contribution in [1.29, 1.82) is 0 Å². The van der Waals surface area contributed by atoms with Crippen LogP contribution in [0.2, 0.25) is 0 Å². The summed E-state index contributed by atoms with van der Waals surface area (Å²) in [4.78, 5) is 12.9. The fourth-order valence-corrected chi connectivity index (χ4v) is 5.79. The Hall–Kier alpha value is -4.63. The maximum Gasteiger partial charge on any atom is 0.255 e. The molecule has 3 heteroatoms. The molecule has 0 bridgehead atoms. The van der Waals surface area contributed by atoms with E-state index in [1.54, 1.807) is 0 Å². The molecule has 1 atom stereocenters. The van der Waals surface area contributed by atoms with Gasteiger partial charge in [-0.2, -0.15) is 0 Å². The topological polar surface area (TPSA) is 38.3 Å². The molecular formula is C34H25NO2. The van der Waals surface area contributed by atoms with E-state index in [1.807, 2.05) is 36.4 Å². The number of carbonyl (C=O) groups excluding carboxylic acids is 1. The lowest BCUT2D eigenvalue weighted by atomic mass is 9.82. The van der Waals surface area contributed by atoms with Crippen LogP contribution in [0.15, 0.2) is 109 Å². The first-order valence-corrected chi connectivity index (χ1v) is 12.7. The molecule has 0 radical (unpaired) electrons. The van der Waals surface area contributed by atoms with Gasteiger partial charge in [-0.05, 0) is 74.5 Å². The minimum atomic E-state index is -0.119. The Bertz CT molecular complexity index is 1680. The third-order valence-corrected chi connectivity index (χ3v) is 7.48. The Balaban J connectivity index is 1.46. The number of carbonyl (C=O) groups is 1. The number of anilines is 1. The monoisotopic (exact) mass is 479 g/mol. The maximum atomic E-state index is 12.9. The summed E-state index contributed by atoms with van der Waals surface area (Å²) in [5.41, 5.74) is 10.2. The van der Waals surface area contributed by atoms with Crippen molar-refractivity contribution in [3.63, 3.8) is 0 Å². The molecule has 2 aliphatic rings. The second-order valence-corrected chi connectivity index (χ2v) is 9.79. The van der Waals surface area contributed by atoms with E-state index in [4.69, 9.17) is 4.74 Å². The average molecular weight is 480 g/mol. The second kappa shape index (κ2) is 8.49. The van der Waals surface area contributed by atoms with Gasteiger partial charge in [-0.25, -0.2) is 0 Å². The van der Waals surface area contributed by atoms with Crippen LogP contribution in [0.25, 0.3) is 33.0 Å². The van der Waals surface area contributed by atoms with Crippen molar-refractivity contribution in [2.45, 2.75) is 6.92 Å². The van der Waals surface area contributed by atoms with Gasteiger partial charge in [0, 0.05) is 22.7 Å². The molecule has 1 aliphatic heterocycles. The van der Waals surface area contributed by atoms with Gasteiger partial charge in [0.1, 0.15) is 5.75 Å². The van der Waals surface area contributed by atoms with Gasteiger partial charge in [-0.1, -0.05) is 85.8 Å². The highest BCUT2D eigenvalue weighted by atomic mass is 16.5. The van der Waals surface area contributed by atoms with Crippen molar-refractivity contribution in [1.82, 2.24) is 0 Å². The summed E-state index contributed by atoms with van der Waals surface area (Å²) in [6.07, 6.45) is 0. The lowest BCUT2D eigenvalue weighted by molar-refractivity contribution is 0.102. The predicted molar refractivity (Wildman–Crippen MR) is 151 cm³/mol. The zero-order valence-electron chi connectivity index (χ0n) is 20.5. The lowest BCUT2D eigenvalue weighted by Crippen LogP contribution is -2.19. The molecule has 0 spiro atoms. The number of ether oxygens (including phenoxy) is 1. The van der Waals surface area contributed by atoms with E-state index in [0.717, 1.165) is 27.8 Å². The van der Waals surface area contributed by atoms with E-state index in [-0.39, 0.29) is 11.8 Å². The zero-order valence-corrected chi connectivity index (χ0v) is 20.5. The minimum absolute atomic E-state index is 0.119. The van der Waals surface area contributed by atoms with E-state index in [1.165, 1.54) is 33.4 Å². The Labute approximate surface area is 216 Å². The van der Waals surface area contributed by atoms with Crippen LogP contribution in [-0.2, 0) is 0 Å². The number of nitrogens with one attached hydrogen (secondary N) is 1. The summed E-state index contributed by atoms with van der Waals surface area (Å²) in [6, 6.07) is 37.0. The molecule has 0 unspecified atom stereocenters. The third kappa shape index (κ3) is 3.47. The number of hydrogen-bond acceptors (Lipinski definition) is 2. The van der Waals surface area contributed by atoms with Crippen molar-refractivity contribution in [3.8, 4) is 16.9 Å². The number of hydrogen-bond donors (Lipinski definition) is 1. The number of rotatable bonds is 2. The van der Waals surface area contributed by atoms with Crippen molar-refractivity contribution in [2.75, 3.05) is 11.9 Å². The van der Waals surface area contributed by atoms with Crippen molar-refractivity contribution in [3.05, 3.63) is 131 Å². The van der Waals surface area contributed by atoms with E-state index in [0.29, 0.717) is 12.2 Å². The van der Waals surface area contributed by atoms with Crippen LogP contribution in [-0.4, -0.2) is 12.5 Å². The van der Waals surface area contributed by atoms with Crippen molar-refractivity contribution in [2.24, 2.45) is 5.92 Å². The Morgan fingerprint density at radius 3 is 2.08 bits per heavy atom. The van der Waals surface area contributed by atoms with E-state index in [2.05, 4.69) is 85.0 Å². The standard InChI is InChI=1S/C34H25NO2/c1-21-20-37-30-18-16-22-15-17-24(35-34(36)23-9-3-2-4-10-23)19-29(22)33(30)31(21)32-27-13-7-5-11-25(27)26-12-6-8-14-28(26)32/h2-19,21H,20H2,1H3,(H,35,36)/t21-/m1/s1. The number of amides is 1. The maximum absolute atomic E-state index is 12.9. The summed E-state index contributed by atoms with van der Waals surface area (Å²) >= 11 is 0. The van der Waals surface area contributed by atoms with E-state index < -0.39 is 0 Å². The SMILES string of the molecule is C[C@@H]1COc2ccc3ccc(NC(=O)c4ccccc4)cc3c2C1=C1c2ccccc2-c2ccccc21. The summed E-state index contributed by atoms with van der Waals surface area (Å²) in [6.45, 7) is 2.88. The van der Waals surface area contributed by atoms with E-state index >= 15 is 0 Å². The van der Waals surface area contributed by atoms with Gasteiger partial charge >= 0.3 is 0 Å². The largest absolute Gasteiger partial charge is 0.492 e. The van der Waals surface area contributed by atoms with Gasteiger partial charge in [0.15, 0.2) is 0 Å². The highest BCUT2D eigenvalue weighted by Crippen LogP contribution is 2.52. The number of fused-ring (bicyclic) bond motifs is 6. The molecule has 0 fully saturated rings. The van der Waals surface area contributed by atoms with Crippen LogP contribution >= 0.6 is 0 Å². The second-order valence-electron chi connectivity index (χ2n) is 9.79. The summed E-state index contributed by atoms with van der Waals surface area (Å²) in [5, 5.41) is 5.29. The highest BCUT2D eigenvalue weighted by molar-refractivity contribution is 6.15. The summed E-state index contributed by atoms with van der Waals surface area (Å²) in [7, 11) is 0. The van der Waals surface area contributed by atoms with Gasteiger partial charge in [0.25, 0.3) is 5.91 Å². The molecule has 1 aliphatic carbocycles. The molecule has 7 rings (SSSR count). The number of benzene rings is 5. The molecule has 0 aromatic heterocycles. The quantitative estimate of drug-likeness (QED) is 0.273. The molecule has 0 saturated heterocycles. The lowest BCUT2D eigenvalue weighted by Gasteiger charge is -2.29. The molecule has 0 saturated carbocycles. The fraction of sp³-hybridized carbons (Fsp3) is 0.0882. The van der Waals surface area contributed by atoms with Crippen molar-refractivity contribution < 1.29 is 9.53 Å². The highest BCUT2D eigenvalue weighted by Gasteiger charge is 2.32. The molecule has 5 aromatic rings. The van der Waals surface area contributed by atoms with Gasteiger partial charge in [0.2, 0.25) is 0 Å². The first-order chi connectivity index (χ1) is 18.2. The van der Waals surface area contributed by atoms with Gasteiger partial charge in [-0.15, -0.1) is 0 Å². The van der Waals surface area contributed by atoms with Crippen molar-refractivity contribution >= 4 is 33.5 Å². The first kappa shape index (κ1) is 21.6. The zero-order chi connectivity index (χ0) is 24.9. The van der Waals surface area contributed by atoms with E-state index in [9.17, 15) is 4.79 Å². The minimum Gasteiger partial charge on any atom is -0.492 e. The smallest absolute Gasteiger partial charge is 0.255 e. The van der Waals surface area contributed by atoms with Gasteiger partial charge in [0.05, 0.1) is 6.61 Å². The summed E-state index contributed by atoms with van der Waals surface area (Å²) < 4.78 is 6.28. The molecule has 1 N–H and O–H groups in total. The van der Waals surface area contributed by atoms with Crippen LogP contribution in [0.1, 0.15) is 34.0 Å². The average Bonchev–Trinajstić information content (AvgIpc) is 3.27. The summed E-state index contributed by atoms with van der Waals surface area (Å²) in [5.74, 6) is 0.975. The predicted octanol–water partition coefficient (Wildman–Crippen LogP) is 8.06. The fourth-order valence-electron chi connectivity index (χ4n) is 5.79. The molecular weight excluding hydrogens is 454 g/mol.